The maximum absolute atomic E-state index is 13.3. The van der Waals surface area contributed by atoms with Crippen LogP contribution in [0.5, 0.6) is 0 Å². The van der Waals surface area contributed by atoms with Gasteiger partial charge >= 0.3 is 0 Å². The molecule has 90 valence electrons. The van der Waals surface area contributed by atoms with Gasteiger partial charge in [0.1, 0.15) is 5.82 Å². The zero-order valence-corrected chi connectivity index (χ0v) is 9.93. The first-order valence-corrected chi connectivity index (χ1v) is 6.05. The SMILES string of the molecule is O=C1CN(CC2CC2)c2cc(Cl)c(F)cc2N1. The lowest BCUT2D eigenvalue weighted by atomic mass is 10.1. The zero-order chi connectivity index (χ0) is 12.0. The first kappa shape index (κ1) is 10.8. The summed E-state index contributed by atoms with van der Waals surface area (Å²) in [5.41, 5.74) is 1.34. The molecule has 1 amide bonds. The van der Waals surface area contributed by atoms with Gasteiger partial charge in [0.25, 0.3) is 0 Å². The highest BCUT2D eigenvalue weighted by molar-refractivity contribution is 6.31. The maximum atomic E-state index is 13.3. The van der Waals surface area contributed by atoms with Crippen molar-refractivity contribution in [1.82, 2.24) is 0 Å². The van der Waals surface area contributed by atoms with Crippen LogP contribution in [0.2, 0.25) is 5.02 Å². The number of carbonyl (C=O) groups excluding carboxylic acids is 1. The van der Waals surface area contributed by atoms with Gasteiger partial charge in [-0.05, 0) is 24.8 Å². The van der Waals surface area contributed by atoms with E-state index < -0.39 is 5.82 Å². The molecule has 1 N–H and O–H groups in total. The molecule has 0 unspecified atom stereocenters. The average Bonchev–Trinajstić information content (AvgIpc) is 3.05. The van der Waals surface area contributed by atoms with Gasteiger partial charge in [0.2, 0.25) is 5.91 Å². The van der Waals surface area contributed by atoms with E-state index in [1.807, 2.05) is 4.90 Å². The van der Waals surface area contributed by atoms with Crippen LogP contribution in [0.3, 0.4) is 0 Å². The van der Waals surface area contributed by atoms with Crippen molar-refractivity contribution in [2.75, 3.05) is 23.3 Å². The molecule has 2 aliphatic rings. The molecule has 1 aromatic carbocycles. The number of anilines is 2. The summed E-state index contributed by atoms with van der Waals surface area (Å²) in [6.07, 6.45) is 2.42. The van der Waals surface area contributed by atoms with Gasteiger partial charge in [-0.15, -0.1) is 0 Å². The van der Waals surface area contributed by atoms with E-state index in [0.717, 1.165) is 12.2 Å². The van der Waals surface area contributed by atoms with Crippen molar-refractivity contribution in [3.8, 4) is 0 Å². The number of benzene rings is 1. The highest BCUT2D eigenvalue weighted by Gasteiger charge is 2.29. The van der Waals surface area contributed by atoms with Crippen molar-refractivity contribution in [2.45, 2.75) is 12.8 Å². The van der Waals surface area contributed by atoms with Crippen LogP contribution in [-0.2, 0) is 4.79 Å². The molecule has 1 saturated carbocycles. The van der Waals surface area contributed by atoms with Crippen LogP contribution in [-0.4, -0.2) is 19.0 Å². The molecule has 0 spiro atoms. The van der Waals surface area contributed by atoms with Gasteiger partial charge in [0.15, 0.2) is 0 Å². The Morgan fingerprint density at radius 1 is 1.47 bits per heavy atom. The number of nitrogens with one attached hydrogen (secondary N) is 1. The number of hydrogen-bond donors (Lipinski definition) is 1. The van der Waals surface area contributed by atoms with Gasteiger partial charge in [0.05, 0.1) is 22.9 Å². The Hall–Kier alpha value is -1.29. The Morgan fingerprint density at radius 3 is 2.94 bits per heavy atom. The zero-order valence-electron chi connectivity index (χ0n) is 9.17. The fraction of sp³-hybridized carbons (Fsp3) is 0.417. The quantitative estimate of drug-likeness (QED) is 0.880. The highest BCUT2D eigenvalue weighted by atomic mass is 35.5. The third-order valence-corrected chi connectivity index (χ3v) is 3.45. The first-order valence-electron chi connectivity index (χ1n) is 5.67. The normalized spacial score (nSPS) is 18.9. The van der Waals surface area contributed by atoms with Crippen molar-refractivity contribution in [2.24, 2.45) is 5.92 Å². The molecule has 1 aliphatic heterocycles. The summed E-state index contributed by atoms with van der Waals surface area (Å²) < 4.78 is 13.3. The standard InChI is InChI=1S/C12H12ClFN2O/c13-8-3-11-10(4-9(8)14)15-12(17)6-16(11)5-7-1-2-7/h3-4,7H,1-2,5-6H2,(H,15,17). The smallest absolute Gasteiger partial charge is 0.243 e. The molecule has 1 aliphatic carbocycles. The van der Waals surface area contributed by atoms with Crippen LogP contribution >= 0.6 is 11.6 Å². The second-order valence-corrected chi connectivity index (χ2v) is 5.06. The van der Waals surface area contributed by atoms with E-state index in [9.17, 15) is 9.18 Å². The summed E-state index contributed by atoms with van der Waals surface area (Å²) in [6.45, 7) is 1.17. The molecular formula is C12H12ClFN2O. The van der Waals surface area contributed by atoms with E-state index in [0.29, 0.717) is 18.2 Å². The minimum Gasteiger partial charge on any atom is -0.360 e. The van der Waals surface area contributed by atoms with Crippen LogP contribution in [0.15, 0.2) is 12.1 Å². The van der Waals surface area contributed by atoms with Crippen LogP contribution in [0.4, 0.5) is 15.8 Å². The predicted octanol–water partition coefficient (Wildman–Crippen LogP) is 2.65. The average molecular weight is 255 g/mol. The molecule has 5 heteroatoms. The molecule has 3 nitrogen and oxygen atoms in total. The molecule has 1 fully saturated rings. The molecule has 0 atom stereocenters. The van der Waals surface area contributed by atoms with Gasteiger partial charge in [0, 0.05) is 12.6 Å². The van der Waals surface area contributed by atoms with Gasteiger partial charge in [-0.1, -0.05) is 11.6 Å². The number of rotatable bonds is 2. The third kappa shape index (κ3) is 2.09. The summed E-state index contributed by atoms with van der Waals surface area (Å²) in [5.74, 6) is 0.0661. The summed E-state index contributed by atoms with van der Waals surface area (Å²) in [4.78, 5) is 13.5. The van der Waals surface area contributed by atoms with Gasteiger partial charge < -0.3 is 10.2 Å². The van der Waals surface area contributed by atoms with Crippen LogP contribution < -0.4 is 10.2 Å². The Kier molecular flexibility index (Phi) is 2.47. The topological polar surface area (TPSA) is 32.3 Å². The van der Waals surface area contributed by atoms with E-state index in [1.54, 1.807) is 6.07 Å². The summed E-state index contributed by atoms with van der Waals surface area (Å²) in [7, 11) is 0. The Balaban J connectivity index is 1.98. The molecule has 17 heavy (non-hydrogen) atoms. The van der Waals surface area contributed by atoms with Crippen LogP contribution in [0.1, 0.15) is 12.8 Å². The fourth-order valence-corrected chi connectivity index (χ4v) is 2.28. The van der Waals surface area contributed by atoms with Crippen LogP contribution in [0.25, 0.3) is 0 Å². The van der Waals surface area contributed by atoms with E-state index >= 15 is 0 Å². The number of nitrogens with zero attached hydrogens (tertiary/aromatic N) is 1. The summed E-state index contributed by atoms with van der Waals surface area (Å²) >= 11 is 5.79. The second-order valence-electron chi connectivity index (χ2n) is 4.66. The minimum atomic E-state index is -0.501. The van der Waals surface area contributed by atoms with Gasteiger partial charge in [-0.3, -0.25) is 4.79 Å². The molecule has 3 rings (SSSR count). The number of amides is 1. The molecule has 0 radical (unpaired) electrons. The lowest BCUT2D eigenvalue weighted by Gasteiger charge is -2.31. The number of halogens is 2. The van der Waals surface area contributed by atoms with E-state index in [2.05, 4.69) is 5.32 Å². The van der Waals surface area contributed by atoms with Gasteiger partial charge in [-0.25, -0.2) is 4.39 Å². The summed E-state index contributed by atoms with van der Waals surface area (Å²) in [6, 6.07) is 2.88. The molecule has 0 aromatic heterocycles. The molecule has 0 bridgehead atoms. The Morgan fingerprint density at radius 2 is 2.24 bits per heavy atom. The number of hydrogen-bond acceptors (Lipinski definition) is 2. The molecule has 1 heterocycles. The monoisotopic (exact) mass is 254 g/mol. The minimum absolute atomic E-state index is 0.0973. The van der Waals surface area contributed by atoms with E-state index in [4.69, 9.17) is 11.6 Å². The lowest BCUT2D eigenvalue weighted by Crippen LogP contribution is -2.39. The van der Waals surface area contributed by atoms with Crippen molar-refractivity contribution in [3.05, 3.63) is 23.0 Å². The van der Waals surface area contributed by atoms with E-state index in [-0.39, 0.29) is 10.9 Å². The van der Waals surface area contributed by atoms with Crippen molar-refractivity contribution < 1.29 is 9.18 Å². The molecular weight excluding hydrogens is 243 g/mol. The Labute approximate surface area is 104 Å². The maximum Gasteiger partial charge on any atom is 0.243 e. The van der Waals surface area contributed by atoms with E-state index in [1.165, 1.54) is 18.9 Å². The Bertz CT molecular complexity index is 488. The van der Waals surface area contributed by atoms with Crippen LogP contribution in [0, 0.1) is 11.7 Å². The highest BCUT2D eigenvalue weighted by Crippen LogP contribution is 2.37. The third-order valence-electron chi connectivity index (χ3n) is 3.16. The largest absolute Gasteiger partial charge is 0.360 e. The molecule has 1 aromatic rings. The number of fused-ring (bicyclic) bond motifs is 1. The second kappa shape index (κ2) is 3.88. The van der Waals surface area contributed by atoms with Crippen molar-refractivity contribution >= 4 is 28.9 Å². The molecule has 0 saturated heterocycles. The lowest BCUT2D eigenvalue weighted by molar-refractivity contribution is -0.115. The van der Waals surface area contributed by atoms with Gasteiger partial charge in [-0.2, -0.15) is 0 Å². The number of carbonyl (C=O) groups is 1. The fourth-order valence-electron chi connectivity index (χ4n) is 2.12. The van der Waals surface area contributed by atoms with Crippen molar-refractivity contribution in [1.29, 1.82) is 0 Å². The first-order chi connectivity index (χ1) is 8.13. The van der Waals surface area contributed by atoms with Crippen molar-refractivity contribution in [3.63, 3.8) is 0 Å². The summed E-state index contributed by atoms with van der Waals surface area (Å²) in [5, 5.41) is 2.77. The predicted molar refractivity (Wildman–Crippen MR) is 65.0 cm³/mol.